The van der Waals surface area contributed by atoms with Gasteiger partial charge < -0.3 is 168 Å². The summed E-state index contributed by atoms with van der Waals surface area (Å²) in [5, 5.41) is 2.41. The predicted molar refractivity (Wildman–Crippen MR) is 319 cm³/mol. The van der Waals surface area contributed by atoms with Crippen LogP contribution in [0.4, 0.5) is 0 Å². The van der Waals surface area contributed by atoms with Gasteiger partial charge >= 0.3 is 0 Å². The van der Waals surface area contributed by atoms with Gasteiger partial charge in [0, 0.05) is 24.3 Å². The Bertz CT molecular complexity index is 2580. The maximum atomic E-state index is 6.04. The molecule has 1 saturated heterocycles. The van der Waals surface area contributed by atoms with Gasteiger partial charge in [0.1, 0.15) is 39.5 Å². The molecule has 0 atom stereocenters. The van der Waals surface area contributed by atoms with E-state index in [4.69, 9.17) is 66.3 Å². The molecule has 0 amide bonds. The van der Waals surface area contributed by atoms with Crippen LogP contribution in [-0.4, -0.2) is 194 Å². The van der Waals surface area contributed by atoms with Crippen LogP contribution in [0.1, 0.15) is 22.3 Å². The molecule has 0 spiro atoms. The molecule has 88 heavy (non-hydrogen) atoms. The first-order chi connectivity index (χ1) is 39.7. The van der Waals surface area contributed by atoms with Crippen LogP contribution in [-0.2, 0) is 60.5 Å². The van der Waals surface area contributed by atoms with Crippen LogP contribution in [0.2, 0.25) is 0 Å². The number of para-hydroxylation sites is 2. The van der Waals surface area contributed by atoms with Crippen LogP contribution < -0.4 is 107 Å². The van der Waals surface area contributed by atoms with E-state index in [0.29, 0.717) is 155 Å². The Morgan fingerprint density at radius 1 is 0.307 bits per heavy atom. The van der Waals surface area contributed by atoms with Crippen LogP contribution >= 0.6 is 0 Å². The first-order valence-corrected chi connectivity index (χ1v) is 28.0. The lowest BCUT2D eigenvalue weighted by atomic mass is 10.1. The molecule has 22 nitrogen and oxygen atoms in total. The number of fused-ring (bicyclic) bond motifs is 4. The average molecular weight is 1500 g/mol. The first kappa shape index (κ1) is 85.7. The maximum Gasteiger partial charge on any atom is 0.213 e. The molecular weight excluding hydrogens is 1410 g/mol. The average Bonchev–Trinajstić information content (AvgIpc) is 1.81. The monoisotopic (exact) mass is 1500 g/mol. The second-order valence-electron chi connectivity index (χ2n) is 18.3. The summed E-state index contributed by atoms with van der Waals surface area (Å²) in [5.41, 5.74) is 14.7. The van der Waals surface area contributed by atoms with Crippen molar-refractivity contribution >= 4 is 46.1 Å². The number of ether oxygens (including phenoxy) is 14. The number of pyridine rings is 2. The number of hydrogen-bond acceptors (Lipinski definition) is 14. The Kier molecular flexibility index (Phi) is 52.0. The number of benzene rings is 4. The third-order valence-corrected chi connectivity index (χ3v) is 12.5. The third kappa shape index (κ3) is 31.6. The van der Waals surface area contributed by atoms with Crippen molar-refractivity contribution < 1.29 is 177 Å². The van der Waals surface area contributed by atoms with Gasteiger partial charge in [0.15, 0.2) is 48.5 Å². The molecule has 9 rings (SSSR count). The molecule has 2 aromatic heterocycles. The van der Waals surface area contributed by atoms with Crippen molar-refractivity contribution in [3.8, 4) is 23.0 Å². The van der Waals surface area contributed by atoms with Gasteiger partial charge in [-0.3, -0.25) is 0 Å². The predicted octanol–water partition coefficient (Wildman–Crippen LogP) is -10.5. The molecule has 0 bridgehead atoms. The smallest absolute Gasteiger partial charge is 0.213 e. The van der Waals surface area contributed by atoms with E-state index in [1.165, 1.54) is 21.8 Å². The zero-order valence-electron chi connectivity index (χ0n) is 50.0. The highest BCUT2D eigenvalue weighted by molar-refractivity contribution is 5.90. The summed E-state index contributed by atoms with van der Waals surface area (Å²) in [6.45, 7) is 16.5. The summed E-state index contributed by atoms with van der Waals surface area (Å²) in [6.07, 6.45) is 12.7. The van der Waals surface area contributed by atoms with E-state index < -0.39 is 0 Å². The van der Waals surface area contributed by atoms with Gasteiger partial charge in [-0.2, -0.15) is 9.13 Å². The SMILES string of the molecule is C1COCCO1.O.O.O.O.[Br-].[Br-].[Br-].[Br-].[NH3+]CC[n+]1ccc(/C=C/c2ccc3c(c2)OCCOCCOCCOCCOCCO3)c2ccccc21.[NH3+]CC[n+]1ccc(/C=C/c2ccc3c(c2)OCCOCCOCCOCCOCCO3)c2ccccc21. The summed E-state index contributed by atoms with van der Waals surface area (Å²) in [5.74, 6) is 2.72. The fraction of sp³-hybridized carbons (Fsp3) is 0.452. The Balaban J connectivity index is 0. The lowest BCUT2D eigenvalue weighted by Gasteiger charge is -2.14. The van der Waals surface area contributed by atoms with E-state index in [1.54, 1.807) is 0 Å². The van der Waals surface area contributed by atoms with Gasteiger partial charge in [0.05, 0.1) is 143 Å². The fourth-order valence-corrected chi connectivity index (χ4v) is 8.54. The van der Waals surface area contributed by atoms with Crippen molar-refractivity contribution in [1.82, 2.24) is 0 Å². The lowest BCUT2D eigenvalue weighted by Crippen LogP contribution is -3.00. The zero-order chi connectivity index (χ0) is 55.3. The molecule has 1 fully saturated rings. The molecule has 26 heteroatoms. The molecule has 5 heterocycles. The highest BCUT2D eigenvalue weighted by Crippen LogP contribution is 2.31. The van der Waals surface area contributed by atoms with Crippen LogP contribution in [0.3, 0.4) is 0 Å². The third-order valence-electron chi connectivity index (χ3n) is 12.5. The molecule has 6 aromatic rings. The zero-order valence-corrected chi connectivity index (χ0v) is 56.4. The van der Waals surface area contributed by atoms with E-state index >= 15 is 0 Å². The second-order valence-corrected chi connectivity index (χ2v) is 18.3. The molecule has 0 aliphatic carbocycles. The van der Waals surface area contributed by atoms with Crippen molar-refractivity contribution in [2.24, 2.45) is 0 Å². The summed E-state index contributed by atoms with van der Waals surface area (Å²) < 4.78 is 82.8. The van der Waals surface area contributed by atoms with Crippen LogP contribution in [0.15, 0.2) is 109 Å². The minimum atomic E-state index is 0. The molecule has 14 N–H and O–H groups in total. The van der Waals surface area contributed by atoms with Gasteiger partial charge in [-0.05, 0) is 58.7 Å². The number of rotatable bonds is 8. The summed E-state index contributed by atoms with van der Waals surface area (Å²) in [7, 11) is 0. The van der Waals surface area contributed by atoms with Crippen molar-refractivity contribution in [2.75, 3.05) is 172 Å². The standard InChI is InChI=1S/2C29H37N2O6.C4H8O2.4BrH.4H2O/c2*30-10-12-31-11-9-25(26-3-1-2-4-27(26)31)7-5-24-6-8-28-29(23-24)37-22-20-35-18-16-33-14-13-32-15-17-34-19-21-36-28;1-2-6-4-3-5-1;;;;;;;;/h2*1-9,11,23H,10,12-22,30H2;1-4H2;4*1H;4*1H2/q2*+1;;;;;;;;;/p-2/b2*7-5+;;;;;;;;;. The van der Waals surface area contributed by atoms with Gasteiger partial charge in [-0.1, -0.05) is 60.7 Å². The maximum absolute atomic E-state index is 6.04. The van der Waals surface area contributed by atoms with E-state index in [9.17, 15) is 0 Å². The van der Waals surface area contributed by atoms with Crippen molar-refractivity contribution in [3.05, 3.63) is 132 Å². The molecule has 3 aliphatic rings. The number of halogens is 4. The fourth-order valence-electron chi connectivity index (χ4n) is 8.54. The number of hydrogen-bond donors (Lipinski definition) is 2. The van der Waals surface area contributed by atoms with Gasteiger partial charge in [0.25, 0.3) is 0 Å². The van der Waals surface area contributed by atoms with Crippen LogP contribution in [0.25, 0.3) is 46.1 Å². The van der Waals surface area contributed by atoms with Gasteiger partial charge in [-0.25, -0.2) is 0 Å². The summed E-state index contributed by atoms with van der Waals surface area (Å²) >= 11 is 0. The highest BCUT2D eigenvalue weighted by atomic mass is 79.9. The van der Waals surface area contributed by atoms with Gasteiger partial charge in [-0.15, -0.1) is 0 Å². The normalized spacial score (nSPS) is 15.8. The largest absolute Gasteiger partial charge is 1.00 e. The number of nitrogens with zero attached hydrogens (tertiary/aromatic N) is 2. The van der Waals surface area contributed by atoms with Crippen molar-refractivity contribution in [3.63, 3.8) is 0 Å². The Labute approximate surface area is 558 Å². The second kappa shape index (κ2) is 53.3. The van der Waals surface area contributed by atoms with Crippen molar-refractivity contribution in [1.29, 1.82) is 0 Å². The van der Waals surface area contributed by atoms with E-state index in [2.05, 4.69) is 118 Å². The van der Waals surface area contributed by atoms with Crippen LogP contribution in [0.5, 0.6) is 23.0 Å². The molecule has 0 radical (unpaired) electrons. The first-order valence-electron chi connectivity index (χ1n) is 28.0. The van der Waals surface area contributed by atoms with E-state index in [0.717, 1.165) is 74.9 Å². The minimum absolute atomic E-state index is 0. The quantitative estimate of drug-likeness (QED) is 0.134. The molecule has 496 valence electrons. The highest BCUT2D eigenvalue weighted by Gasteiger charge is 2.14. The molecule has 0 unspecified atom stereocenters. The minimum Gasteiger partial charge on any atom is -1.00 e. The lowest BCUT2D eigenvalue weighted by molar-refractivity contribution is -0.688. The molecular formula is C62H92Br4N4O18. The summed E-state index contributed by atoms with van der Waals surface area (Å²) in [4.78, 5) is 0. The number of aromatic nitrogens is 2. The van der Waals surface area contributed by atoms with E-state index in [-0.39, 0.29) is 89.8 Å². The molecule has 4 aromatic carbocycles. The Morgan fingerprint density at radius 2 is 0.568 bits per heavy atom. The Morgan fingerprint density at radius 3 is 0.852 bits per heavy atom. The summed E-state index contributed by atoms with van der Waals surface area (Å²) in [6, 6.07) is 33.1. The van der Waals surface area contributed by atoms with Crippen LogP contribution in [0, 0.1) is 0 Å². The van der Waals surface area contributed by atoms with Crippen molar-refractivity contribution in [2.45, 2.75) is 13.1 Å². The molecule has 0 saturated carbocycles. The van der Waals surface area contributed by atoms with E-state index in [1.807, 2.05) is 36.4 Å². The topological polar surface area (TPSA) is 318 Å². The number of quaternary nitrogens is 2. The Hall–Kier alpha value is -4.34. The molecule has 3 aliphatic heterocycles. The van der Waals surface area contributed by atoms with Gasteiger partial charge in [0.2, 0.25) is 11.0 Å².